The minimum atomic E-state index is -2.00. The van der Waals surface area contributed by atoms with Crippen LogP contribution in [0, 0.1) is 11.3 Å². The van der Waals surface area contributed by atoms with Gasteiger partial charge in [-0.05, 0) is 49.3 Å². The molecule has 0 saturated carbocycles. The van der Waals surface area contributed by atoms with Crippen LogP contribution in [0.1, 0.15) is 70.1 Å². The Hall–Kier alpha value is -6.72. The van der Waals surface area contributed by atoms with E-state index in [4.69, 9.17) is 21.7 Å². The van der Waals surface area contributed by atoms with Crippen LogP contribution in [0.15, 0.2) is 23.4 Å². The number of nitrogens with one attached hydrogen (secondary N) is 10. The van der Waals surface area contributed by atoms with E-state index in [1.165, 1.54) is 30.4 Å². The van der Waals surface area contributed by atoms with Crippen molar-refractivity contribution >= 4 is 94.8 Å². The van der Waals surface area contributed by atoms with Gasteiger partial charge in [0.2, 0.25) is 47.3 Å². The predicted molar refractivity (Wildman–Crippen MR) is 262 cm³/mol. The van der Waals surface area contributed by atoms with Crippen molar-refractivity contribution in [2.24, 2.45) is 22.5 Å². The molecule has 1 aromatic rings. The van der Waals surface area contributed by atoms with Crippen molar-refractivity contribution in [2.45, 2.75) is 126 Å². The number of aliphatic hydroxyl groups excluding tert-OH is 2. The van der Waals surface area contributed by atoms with Gasteiger partial charge in [0.1, 0.15) is 61.2 Å². The van der Waals surface area contributed by atoms with E-state index in [0.29, 0.717) is 23.1 Å². The quantitative estimate of drug-likeness (QED) is 0.0562. The minimum Gasteiger partial charge on any atom is -0.481 e. The highest BCUT2D eigenvalue weighted by atomic mass is 32.2. The van der Waals surface area contributed by atoms with E-state index in [1.807, 2.05) is 6.07 Å². The second-order valence-electron chi connectivity index (χ2n) is 17.0. The number of carboxylic acids is 1. The SMILES string of the molecule is CC[C@H](C)[C@@H]1NC(=O)[C@H]([C@@H](C)O)NC(=O)[C@H](CC(=O)O)NC(=O)[C@H](CO)NC(=O)[C@H](CCCNC(=N)N)NC(=O)[C@@H]2CSCc3cc(cc(c3)CSC[C@@H](C(N)=O)NC1=O)CO/N=C\C(=O)N[C@@H](C)C(=O)N2. The topological polar surface area (TPSA) is 437 Å². The number of guanidine groups is 1. The van der Waals surface area contributed by atoms with Gasteiger partial charge in [0.05, 0.1) is 19.1 Å². The second-order valence-corrected chi connectivity index (χ2v) is 19.1. The number of fused-ring (bicyclic) bond motifs is 5. The van der Waals surface area contributed by atoms with E-state index in [0.717, 1.165) is 13.1 Å². The van der Waals surface area contributed by atoms with Crippen molar-refractivity contribution in [3.05, 3.63) is 34.9 Å². The summed E-state index contributed by atoms with van der Waals surface area (Å²) >= 11 is 2.42. The van der Waals surface area contributed by atoms with Gasteiger partial charge in [-0.2, -0.15) is 23.5 Å². The zero-order chi connectivity index (χ0) is 53.7. The molecule has 0 spiro atoms. The molecular formula is C43H65N13O14S2. The van der Waals surface area contributed by atoms with Crippen molar-refractivity contribution in [3.8, 4) is 0 Å². The first-order valence-corrected chi connectivity index (χ1v) is 25.1. The van der Waals surface area contributed by atoms with Crippen LogP contribution >= 0.6 is 23.5 Å². The van der Waals surface area contributed by atoms with E-state index in [9.17, 15) is 63.3 Å². The number of carbonyl (C=O) groups is 10. The van der Waals surface area contributed by atoms with Gasteiger partial charge in [-0.3, -0.25) is 53.4 Å². The molecule has 1 aromatic carbocycles. The molecule has 0 aromatic heterocycles. The smallest absolute Gasteiger partial charge is 0.305 e. The Labute approximate surface area is 422 Å². The zero-order valence-corrected chi connectivity index (χ0v) is 41.7. The maximum Gasteiger partial charge on any atom is 0.305 e. The second kappa shape index (κ2) is 29.6. The van der Waals surface area contributed by atoms with Gasteiger partial charge in [-0.1, -0.05) is 43.6 Å². The van der Waals surface area contributed by atoms with E-state index in [1.54, 1.807) is 26.0 Å². The molecule has 2 aliphatic heterocycles. The van der Waals surface area contributed by atoms with Crippen molar-refractivity contribution < 1.29 is 68.1 Å². The first-order valence-electron chi connectivity index (χ1n) is 22.8. The van der Waals surface area contributed by atoms with Crippen LogP contribution in [0.2, 0.25) is 0 Å². The Bertz CT molecular complexity index is 2190. The number of nitrogens with zero attached hydrogens (tertiary/aromatic N) is 1. The molecule has 0 unspecified atom stereocenters. The highest BCUT2D eigenvalue weighted by Crippen LogP contribution is 2.22. The number of aliphatic carboxylic acids is 1. The van der Waals surface area contributed by atoms with Crippen molar-refractivity contribution in [3.63, 3.8) is 0 Å². The molecule has 0 radical (unpaired) electrons. The molecule has 2 heterocycles. The number of thioether (sulfide) groups is 2. The van der Waals surface area contributed by atoms with Crippen LogP contribution in [0.3, 0.4) is 0 Å². The summed E-state index contributed by atoms with van der Waals surface area (Å²) in [6.07, 6.45) is -1.76. The average Bonchev–Trinajstić information content (AvgIpc) is 3.31. The molecule has 0 fully saturated rings. The summed E-state index contributed by atoms with van der Waals surface area (Å²) in [6, 6.07) is -7.06. The van der Waals surface area contributed by atoms with Crippen LogP contribution < -0.4 is 59.3 Å². The lowest BCUT2D eigenvalue weighted by molar-refractivity contribution is -0.142. The molecule has 17 N–H and O–H groups in total. The minimum absolute atomic E-state index is 0.0364. The predicted octanol–water partition coefficient (Wildman–Crippen LogP) is -4.78. The summed E-state index contributed by atoms with van der Waals surface area (Å²) in [7, 11) is 0. The largest absolute Gasteiger partial charge is 0.481 e. The van der Waals surface area contributed by atoms with Gasteiger partial charge in [0.25, 0.3) is 5.91 Å². The monoisotopic (exact) mass is 1050 g/mol. The Morgan fingerprint density at radius 1 is 0.778 bits per heavy atom. The van der Waals surface area contributed by atoms with Gasteiger partial charge in [0, 0.05) is 29.6 Å². The summed E-state index contributed by atoms with van der Waals surface area (Å²) in [4.78, 5) is 139. The van der Waals surface area contributed by atoms with Crippen molar-refractivity contribution in [1.29, 1.82) is 5.41 Å². The molecule has 27 nitrogen and oxygen atoms in total. The molecule has 0 aliphatic carbocycles. The molecule has 2 aliphatic rings. The number of hydrogen-bond acceptors (Lipinski definition) is 17. The van der Waals surface area contributed by atoms with E-state index < -0.39 is 138 Å². The first kappa shape index (κ1) is 59.6. The molecule has 0 saturated heterocycles. The number of nitrogens with two attached hydrogens (primary N) is 2. The maximum absolute atomic E-state index is 14.1. The van der Waals surface area contributed by atoms with Gasteiger partial charge in [0.15, 0.2) is 5.96 Å². The van der Waals surface area contributed by atoms with Gasteiger partial charge in [-0.25, -0.2) is 0 Å². The number of aliphatic hydroxyl groups is 2. The summed E-state index contributed by atoms with van der Waals surface area (Å²) in [5.74, 6) is -11.3. The van der Waals surface area contributed by atoms with Crippen molar-refractivity contribution in [1.82, 2.24) is 47.9 Å². The number of rotatable bonds is 11. The summed E-state index contributed by atoms with van der Waals surface area (Å²) in [6.45, 7) is 4.61. The van der Waals surface area contributed by atoms with Crippen LogP contribution in [-0.2, 0) is 70.9 Å². The lowest BCUT2D eigenvalue weighted by Gasteiger charge is -2.29. The zero-order valence-electron chi connectivity index (χ0n) is 40.1. The molecule has 3 rings (SSSR count). The van der Waals surface area contributed by atoms with Gasteiger partial charge < -0.3 is 79.5 Å². The maximum atomic E-state index is 14.1. The summed E-state index contributed by atoms with van der Waals surface area (Å²) in [5.41, 5.74) is 13.2. The molecule has 10 atom stereocenters. The fraction of sp³-hybridized carbons (Fsp3) is 0.581. The number of carbonyl (C=O) groups excluding carboxylic acids is 9. The molecule has 4 bridgehead atoms. The molecular weight excluding hydrogens is 987 g/mol. The number of oxime groups is 1. The summed E-state index contributed by atoms with van der Waals surface area (Å²) in [5, 5.41) is 63.6. The first-order chi connectivity index (χ1) is 34.0. The van der Waals surface area contributed by atoms with E-state index in [2.05, 4.69) is 53.0 Å². The lowest BCUT2D eigenvalue weighted by Crippen LogP contribution is -2.63. The average molecular weight is 1050 g/mol. The van der Waals surface area contributed by atoms with Gasteiger partial charge in [-0.15, -0.1) is 0 Å². The fourth-order valence-electron chi connectivity index (χ4n) is 6.92. The third-order valence-corrected chi connectivity index (χ3v) is 13.3. The lowest BCUT2D eigenvalue weighted by atomic mass is 9.97. The standard InChI is InChI=1S/C43H65N13O14S2/c1-5-20(2)33-41(68)53-29(35(44)62)18-71-16-24-9-23-10-25(11-24)17-72-19-30(54-36(63)21(3)49-31(59)13-48-70-15-23)40(67)50-26(7-6-8-47-43(45)46)37(64)52-28(14-57)39(66)51-27(12-32(60)61)38(65)56-34(22(4)58)42(69)55-33/h9-11,13,20-22,26-30,33-34,57-58H,5-8,12,14-19H2,1-4H3,(H2,44,62)(H,49,59)(H,50,67)(H,51,66)(H,52,64)(H,53,68)(H,54,63)(H,55,69)(H,56,65)(H,60,61)(H4,45,46,47)/b48-13-/t20-,21-,22+,26-,27-,28-,29-,30-,33-,34-/m0/s1. The number of hydrogen-bond donors (Lipinski definition) is 15. The molecule has 72 heavy (non-hydrogen) atoms. The van der Waals surface area contributed by atoms with Crippen molar-refractivity contribution in [2.75, 3.05) is 24.7 Å². The third kappa shape index (κ3) is 19.8. The highest BCUT2D eigenvalue weighted by molar-refractivity contribution is 7.98. The fourth-order valence-corrected chi connectivity index (χ4v) is 8.92. The van der Waals surface area contributed by atoms with Crippen LogP contribution in [-0.4, -0.2) is 166 Å². The molecule has 29 heteroatoms. The van der Waals surface area contributed by atoms with Crippen LogP contribution in [0.5, 0.6) is 0 Å². The number of amides is 9. The number of benzene rings is 1. The Balaban J connectivity index is 2.16. The van der Waals surface area contributed by atoms with E-state index in [-0.39, 0.29) is 49.0 Å². The Morgan fingerprint density at radius 3 is 1.94 bits per heavy atom. The normalized spacial score (nSPS) is 26.3. The third-order valence-electron chi connectivity index (χ3n) is 11.0. The molecule has 9 amide bonds. The number of primary amides is 1. The number of carboxylic acid groups (broad SMARTS) is 1. The Morgan fingerprint density at radius 2 is 1.35 bits per heavy atom. The Kier molecular flexibility index (Phi) is 24.5. The van der Waals surface area contributed by atoms with E-state index >= 15 is 0 Å². The van der Waals surface area contributed by atoms with Gasteiger partial charge >= 0.3 is 5.97 Å². The van der Waals surface area contributed by atoms with Crippen LogP contribution in [0.4, 0.5) is 0 Å². The highest BCUT2D eigenvalue weighted by Gasteiger charge is 2.37. The molecule has 398 valence electrons. The van der Waals surface area contributed by atoms with Crippen LogP contribution in [0.25, 0.3) is 0 Å². The summed E-state index contributed by atoms with van der Waals surface area (Å²) < 4.78 is 0.